The zero-order valence-electron chi connectivity index (χ0n) is 20.0. The van der Waals surface area contributed by atoms with Gasteiger partial charge in [-0.1, -0.05) is 110 Å². The Kier molecular flexibility index (Phi) is 9.07. The first kappa shape index (κ1) is 23.8. The molecule has 0 heterocycles. The lowest BCUT2D eigenvalue weighted by molar-refractivity contribution is 0.227. The minimum absolute atomic E-state index is 0.529. The topological polar surface area (TPSA) is 9.23 Å². The third-order valence-corrected chi connectivity index (χ3v) is 6.05. The molecule has 1 heteroatoms. The highest BCUT2D eigenvalue weighted by molar-refractivity contribution is 5.63. The summed E-state index contributed by atoms with van der Waals surface area (Å²) in [6.45, 7) is 7.21. The van der Waals surface area contributed by atoms with Gasteiger partial charge in [-0.2, -0.15) is 0 Å². The molecular weight excluding hydrogens is 388 g/mol. The molecule has 0 amide bonds. The van der Waals surface area contributed by atoms with Crippen molar-refractivity contribution in [1.82, 2.24) is 0 Å². The molecule has 1 atom stereocenters. The van der Waals surface area contributed by atoms with E-state index in [1.165, 1.54) is 39.0 Å². The summed E-state index contributed by atoms with van der Waals surface area (Å²) in [5, 5.41) is 0. The summed E-state index contributed by atoms with van der Waals surface area (Å²) in [4.78, 5) is 0. The summed E-state index contributed by atoms with van der Waals surface area (Å²) in [7, 11) is 1.74. The van der Waals surface area contributed by atoms with Gasteiger partial charge < -0.3 is 4.74 Å². The number of aryl methyl sites for hydroxylation is 3. The Hall–Kier alpha value is -2.90. The standard InChI is InChI=1S/C16H20O.C15H16/c1-3-13-4-8-15(9-5-13)16-10-6-14(7-11-16)12-17-2;1-3-13-6-10-15(11-7-13)14-8-4-12(2)5-9-14/h4-10,16H,3,11-12H2,1-2H3;4-11H,3H2,1-2H3. The molecule has 0 aliphatic heterocycles. The third-order valence-electron chi connectivity index (χ3n) is 6.05. The molecule has 0 saturated heterocycles. The molecule has 0 bridgehead atoms. The van der Waals surface area contributed by atoms with Gasteiger partial charge in [0.05, 0.1) is 6.61 Å². The van der Waals surface area contributed by atoms with Gasteiger partial charge in [0.25, 0.3) is 0 Å². The molecule has 32 heavy (non-hydrogen) atoms. The lowest BCUT2D eigenvalue weighted by atomic mass is 9.90. The van der Waals surface area contributed by atoms with Crippen molar-refractivity contribution in [3.8, 4) is 11.1 Å². The molecule has 1 unspecified atom stereocenters. The number of hydrogen-bond acceptors (Lipinski definition) is 1. The van der Waals surface area contributed by atoms with Crippen LogP contribution in [0.15, 0.2) is 96.6 Å². The van der Waals surface area contributed by atoms with Crippen LogP contribution >= 0.6 is 0 Å². The molecule has 0 fully saturated rings. The summed E-state index contributed by atoms with van der Waals surface area (Å²) >= 11 is 0. The van der Waals surface area contributed by atoms with Gasteiger partial charge in [0.15, 0.2) is 0 Å². The number of allylic oxidation sites excluding steroid dienone is 2. The fraction of sp³-hybridized carbons (Fsp3) is 0.290. The maximum atomic E-state index is 5.13. The van der Waals surface area contributed by atoms with Crippen LogP contribution in [0.2, 0.25) is 0 Å². The van der Waals surface area contributed by atoms with E-state index in [2.05, 4.69) is 112 Å². The van der Waals surface area contributed by atoms with E-state index in [0.717, 1.165) is 25.9 Å². The van der Waals surface area contributed by atoms with Crippen LogP contribution in [0.1, 0.15) is 48.4 Å². The molecule has 3 aromatic rings. The van der Waals surface area contributed by atoms with Crippen molar-refractivity contribution in [3.05, 3.63) is 119 Å². The van der Waals surface area contributed by atoms with E-state index in [1.807, 2.05) is 0 Å². The zero-order valence-corrected chi connectivity index (χ0v) is 20.0. The van der Waals surface area contributed by atoms with Gasteiger partial charge in [-0.05, 0) is 59.6 Å². The van der Waals surface area contributed by atoms with Crippen molar-refractivity contribution in [2.45, 2.75) is 46.0 Å². The number of hydrogen-bond donors (Lipinski definition) is 0. The molecule has 4 rings (SSSR count). The Balaban J connectivity index is 0.000000182. The maximum absolute atomic E-state index is 5.13. The quantitative estimate of drug-likeness (QED) is 0.388. The minimum atomic E-state index is 0.529. The number of methoxy groups -OCH3 is 1. The average Bonchev–Trinajstić information content (AvgIpc) is 2.86. The Morgan fingerprint density at radius 3 is 1.75 bits per heavy atom. The fourth-order valence-corrected chi connectivity index (χ4v) is 3.87. The number of ether oxygens (including phenoxy) is 1. The van der Waals surface area contributed by atoms with Crippen molar-refractivity contribution in [2.75, 3.05) is 13.7 Å². The Bertz CT molecular complexity index is 1010. The van der Waals surface area contributed by atoms with Crippen molar-refractivity contribution in [1.29, 1.82) is 0 Å². The van der Waals surface area contributed by atoms with Crippen LogP contribution in [0, 0.1) is 6.92 Å². The van der Waals surface area contributed by atoms with Crippen molar-refractivity contribution in [3.63, 3.8) is 0 Å². The van der Waals surface area contributed by atoms with Crippen LogP contribution in [-0.4, -0.2) is 13.7 Å². The SMILES string of the molecule is CCc1ccc(-c2ccc(C)cc2)cc1.CCc1ccc(C2C=CC(COC)=CC2)cc1. The van der Waals surface area contributed by atoms with Crippen LogP contribution < -0.4 is 0 Å². The second-order valence-electron chi connectivity index (χ2n) is 8.43. The Labute approximate surface area is 194 Å². The lowest BCUT2D eigenvalue weighted by Gasteiger charge is -2.16. The van der Waals surface area contributed by atoms with Gasteiger partial charge in [-0.15, -0.1) is 0 Å². The van der Waals surface area contributed by atoms with Crippen LogP contribution in [0.25, 0.3) is 11.1 Å². The molecule has 1 nitrogen and oxygen atoms in total. The predicted octanol–water partition coefficient (Wildman–Crippen LogP) is 8.09. The fourth-order valence-electron chi connectivity index (χ4n) is 3.87. The molecule has 0 aromatic heterocycles. The second kappa shape index (κ2) is 12.2. The van der Waals surface area contributed by atoms with E-state index < -0.39 is 0 Å². The third kappa shape index (κ3) is 6.80. The summed E-state index contributed by atoms with van der Waals surface area (Å²) in [6.07, 6.45) is 10.1. The molecule has 0 saturated carbocycles. The summed E-state index contributed by atoms with van der Waals surface area (Å²) < 4.78 is 5.13. The highest BCUT2D eigenvalue weighted by Crippen LogP contribution is 2.27. The van der Waals surface area contributed by atoms with Gasteiger partial charge >= 0.3 is 0 Å². The monoisotopic (exact) mass is 424 g/mol. The average molecular weight is 425 g/mol. The maximum Gasteiger partial charge on any atom is 0.0709 e. The normalized spacial score (nSPS) is 15.0. The van der Waals surface area contributed by atoms with E-state index >= 15 is 0 Å². The Morgan fingerprint density at radius 2 is 1.28 bits per heavy atom. The van der Waals surface area contributed by atoms with E-state index in [0.29, 0.717) is 5.92 Å². The van der Waals surface area contributed by atoms with Crippen molar-refractivity contribution in [2.24, 2.45) is 0 Å². The van der Waals surface area contributed by atoms with Gasteiger partial charge in [0, 0.05) is 13.0 Å². The highest BCUT2D eigenvalue weighted by Gasteiger charge is 2.10. The predicted molar refractivity (Wildman–Crippen MR) is 138 cm³/mol. The molecule has 166 valence electrons. The molecule has 0 radical (unpaired) electrons. The first-order valence-electron chi connectivity index (χ1n) is 11.7. The molecule has 3 aromatic carbocycles. The van der Waals surface area contributed by atoms with E-state index in [-0.39, 0.29) is 0 Å². The number of rotatable bonds is 6. The second-order valence-corrected chi connectivity index (χ2v) is 8.43. The van der Waals surface area contributed by atoms with E-state index in [1.54, 1.807) is 7.11 Å². The molecular formula is C31H36O. The van der Waals surface area contributed by atoms with Crippen molar-refractivity contribution < 1.29 is 4.74 Å². The zero-order chi connectivity index (χ0) is 22.8. The lowest BCUT2D eigenvalue weighted by Crippen LogP contribution is -2.01. The first-order chi connectivity index (χ1) is 15.6. The van der Waals surface area contributed by atoms with Crippen LogP contribution in [-0.2, 0) is 17.6 Å². The molecule has 1 aliphatic carbocycles. The Morgan fingerprint density at radius 1 is 0.750 bits per heavy atom. The van der Waals surface area contributed by atoms with E-state index in [9.17, 15) is 0 Å². The van der Waals surface area contributed by atoms with Gasteiger partial charge in [-0.3, -0.25) is 0 Å². The van der Waals surface area contributed by atoms with Crippen LogP contribution in [0.4, 0.5) is 0 Å². The summed E-state index contributed by atoms with van der Waals surface area (Å²) in [6, 6.07) is 26.4. The minimum Gasteiger partial charge on any atom is -0.380 e. The smallest absolute Gasteiger partial charge is 0.0709 e. The van der Waals surface area contributed by atoms with Gasteiger partial charge in [-0.25, -0.2) is 0 Å². The van der Waals surface area contributed by atoms with Gasteiger partial charge in [0.1, 0.15) is 0 Å². The molecule has 1 aliphatic rings. The number of benzene rings is 3. The van der Waals surface area contributed by atoms with Crippen LogP contribution in [0.5, 0.6) is 0 Å². The summed E-state index contributed by atoms with van der Waals surface area (Å²) in [5.41, 5.74) is 9.40. The van der Waals surface area contributed by atoms with Gasteiger partial charge in [0.2, 0.25) is 0 Å². The van der Waals surface area contributed by atoms with Crippen LogP contribution in [0.3, 0.4) is 0 Å². The molecule has 0 N–H and O–H groups in total. The largest absolute Gasteiger partial charge is 0.380 e. The van der Waals surface area contributed by atoms with Crippen molar-refractivity contribution >= 4 is 0 Å². The first-order valence-corrected chi connectivity index (χ1v) is 11.7. The highest BCUT2D eigenvalue weighted by atomic mass is 16.5. The summed E-state index contributed by atoms with van der Waals surface area (Å²) in [5.74, 6) is 0.529. The molecule has 0 spiro atoms. The van der Waals surface area contributed by atoms with E-state index in [4.69, 9.17) is 4.74 Å².